The molecule has 0 amide bonds. The Morgan fingerprint density at radius 3 is 2.65 bits per heavy atom. The molecule has 1 saturated carbocycles. The zero-order chi connectivity index (χ0) is 12.5. The first-order chi connectivity index (χ1) is 8.02. The van der Waals surface area contributed by atoms with Crippen LogP contribution in [-0.2, 0) is 0 Å². The van der Waals surface area contributed by atoms with Crippen LogP contribution in [0.5, 0.6) is 5.75 Å². The van der Waals surface area contributed by atoms with Gasteiger partial charge in [-0.2, -0.15) is 0 Å². The lowest BCUT2D eigenvalue weighted by atomic mass is 9.76. The first kappa shape index (κ1) is 12.3. The van der Waals surface area contributed by atoms with E-state index in [1.54, 1.807) is 0 Å². The molecule has 4 heteroatoms. The minimum atomic E-state index is -2.60. The number of ether oxygens (including phenoxy) is 1. The molecule has 0 heterocycles. The van der Waals surface area contributed by atoms with Gasteiger partial charge in [0.1, 0.15) is 11.6 Å². The Morgan fingerprint density at radius 1 is 1.35 bits per heavy atom. The number of hydrogen-bond acceptors (Lipinski definition) is 1. The van der Waals surface area contributed by atoms with E-state index in [-0.39, 0.29) is 18.8 Å². The molecular weight excluding hydrogens is 229 g/mol. The molecule has 1 aromatic carbocycles. The lowest BCUT2D eigenvalue weighted by Crippen LogP contribution is -2.33. The van der Waals surface area contributed by atoms with Gasteiger partial charge in [0.2, 0.25) is 5.92 Å². The topological polar surface area (TPSA) is 9.23 Å². The van der Waals surface area contributed by atoms with Crippen LogP contribution in [-0.4, -0.2) is 12.5 Å². The lowest BCUT2D eigenvalue weighted by Gasteiger charge is -2.35. The molecule has 1 fully saturated rings. The minimum absolute atomic E-state index is 0.209. The Balaban J connectivity index is 2.16. The van der Waals surface area contributed by atoms with Gasteiger partial charge in [0, 0.05) is 18.4 Å². The van der Waals surface area contributed by atoms with Gasteiger partial charge in [-0.25, -0.2) is 13.2 Å². The Morgan fingerprint density at radius 2 is 2.06 bits per heavy atom. The molecule has 17 heavy (non-hydrogen) atoms. The van der Waals surface area contributed by atoms with Crippen molar-refractivity contribution in [3.63, 3.8) is 0 Å². The van der Waals surface area contributed by atoms with Crippen molar-refractivity contribution >= 4 is 0 Å². The Labute approximate surface area is 98.6 Å². The predicted octanol–water partition coefficient (Wildman–Crippen LogP) is 4.13. The molecule has 1 nitrogen and oxygen atoms in total. The Hall–Kier alpha value is -1.19. The van der Waals surface area contributed by atoms with Gasteiger partial charge < -0.3 is 4.74 Å². The third-order valence-electron chi connectivity index (χ3n) is 2.96. The van der Waals surface area contributed by atoms with Crippen molar-refractivity contribution in [2.45, 2.75) is 38.0 Å². The highest BCUT2D eigenvalue weighted by molar-refractivity contribution is 5.38. The monoisotopic (exact) mass is 244 g/mol. The van der Waals surface area contributed by atoms with E-state index >= 15 is 0 Å². The summed E-state index contributed by atoms with van der Waals surface area (Å²) >= 11 is 0. The molecule has 0 radical (unpaired) electrons. The van der Waals surface area contributed by atoms with Gasteiger partial charge in [-0.15, -0.1) is 0 Å². The van der Waals surface area contributed by atoms with Crippen LogP contribution < -0.4 is 4.74 Å². The highest BCUT2D eigenvalue weighted by atomic mass is 19.3. The van der Waals surface area contributed by atoms with Gasteiger partial charge in [0.15, 0.2) is 0 Å². The highest BCUT2D eigenvalue weighted by Gasteiger charge is 2.46. The van der Waals surface area contributed by atoms with Gasteiger partial charge in [-0.1, -0.05) is 6.92 Å². The zero-order valence-corrected chi connectivity index (χ0v) is 9.68. The summed E-state index contributed by atoms with van der Waals surface area (Å²) in [5, 5.41) is 0. The summed E-state index contributed by atoms with van der Waals surface area (Å²) in [4.78, 5) is 0. The molecule has 0 unspecified atom stereocenters. The number of hydrogen-bond donors (Lipinski definition) is 0. The quantitative estimate of drug-likeness (QED) is 0.773. The van der Waals surface area contributed by atoms with Gasteiger partial charge in [-0.05, 0) is 30.5 Å². The standard InChI is InChI=1S/C13H15F3O/c1-2-5-17-12-4-3-10(14)6-11(12)9-7-13(15,16)8-9/h3-4,6,9H,2,5,7-8H2,1H3. The largest absolute Gasteiger partial charge is 0.493 e. The molecule has 1 aliphatic carbocycles. The molecule has 0 atom stereocenters. The second kappa shape index (κ2) is 4.59. The van der Waals surface area contributed by atoms with Crippen molar-refractivity contribution in [2.75, 3.05) is 6.61 Å². The predicted molar refractivity (Wildman–Crippen MR) is 59.1 cm³/mol. The maximum atomic E-state index is 13.1. The molecule has 0 spiro atoms. The summed E-state index contributed by atoms with van der Waals surface area (Å²) < 4.78 is 44.2. The number of alkyl halides is 2. The fourth-order valence-corrected chi connectivity index (χ4v) is 2.06. The van der Waals surface area contributed by atoms with Crippen molar-refractivity contribution in [2.24, 2.45) is 0 Å². The van der Waals surface area contributed by atoms with Gasteiger partial charge in [0.25, 0.3) is 0 Å². The van der Waals surface area contributed by atoms with Crippen LogP contribution in [0.1, 0.15) is 37.7 Å². The maximum absolute atomic E-state index is 13.1. The van der Waals surface area contributed by atoms with Crippen molar-refractivity contribution in [1.29, 1.82) is 0 Å². The van der Waals surface area contributed by atoms with E-state index in [9.17, 15) is 13.2 Å². The van der Waals surface area contributed by atoms with Crippen LogP contribution >= 0.6 is 0 Å². The summed E-state index contributed by atoms with van der Waals surface area (Å²) in [5.41, 5.74) is 0.573. The van der Waals surface area contributed by atoms with Crippen LogP contribution in [0.2, 0.25) is 0 Å². The van der Waals surface area contributed by atoms with Crippen molar-refractivity contribution < 1.29 is 17.9 Å². The van der Waals surface area contributed by atoms with E-state index in [4.69, 9.17) is 4.74 Å². The normalized spacial score (nSPS) is 18.8. The number of rotatable bonds is 4. The van der Waals surface area contributed by atoms with E-state index in [1.807, 2.05) is 6.92 Å². The number of benzene rings is 1. The van der Waals surface area contributed by atoms with E-state index in [1.165, 1.54) is 18.2 Å². The Kier molecular flexibility index (Phi) is 3.31. The lowest BCUT2D eigenvalue weighted by molar-refractivity contribution is -0.0871. The maximum Gasteiger partial charge on any atom is 0.249 e. The van der Waals surface area contributed by atoms with Gasteiger partial charge in [0.05, 0.1) is 6.61 Å². The molecule has 94 valence electrons. The first-order valence-corrected chi connectivity index (χ1v) is 5.82. The van der Waals surface area contributed by atoms with E-state index in [2.05, 4.69) is 0 Å². The molecule has 0 bridgehead atoms. The van der Waals surface area contributed by atoms with Crippen molar-refractivity contribution in [3.8, 4) is 5.75 Å². The minimum Gasteiger partial charge on any atom is -0.493 e. The van der Waals surface area contributed by atoms with Crippen molar-refractivity contribution in [3.05, 3.63) is 29.6 Å². The second-order valence-corrected chi connectivity index (χ2v) is 4.49. The summed E-state index contributed by atoms with van der Waals surface area (Å²) in [5.74, 6) is -2.75. The fraction of sp³-hybridized carbons (Fsp3) is 0.538. The second-order valence-electron chi connectivity index (χ2n) is 4.49. The molecule has 2 rings (SSSR count). The van der Waals surface area contributed by atoms with Crippen LogP contribution in [0.3, 0.4) is 0 Å². The third-order valence-corrected chi connectivity index (χ3v) is 2.96. The van der Waals surface area contributed by atoms with Crippen LogP contribution in [0.4, 0.5) is 13.2 Å². The van der Waals surface area contributed by atoms with Gasteiger partial charge in [-0.3, -0.25) is 0 Å². The summed E-state index contributed by atoms with van der Waals surface area (Å²) in [7, 11) is 0. The number of halogens is 3. The summed E-state index contributed by atoms with van der Waals surface area (Å²) in [6.07, 6.45) is 0.412. The van der Waals surface area contributed by atoms with E-state index < -0.39 is 11.7 Å². The smallest absolute Gasteiger partial charge is 0.249 e. The zero-order valence-electron chi connectivity index (χ0n) is 9.68. The van der Waals surface area contributed by atoms with Gasteiger partial charge >= 0.3 is 0 Å². The average molecular weight is 244 g/mol. The van der Waals surface area contributed by atoms with E-state index in [0.29, 0.717) is 17.9 Å². The fourth-order valence-electron chi connectivity index (χ4n) is 2.06. The average Bonchev–Trinajstić information content (AvgIpc) is 2.24. The SMILES string of the molecule is CCCOc1ccc(F)cc1C1CC(F)(F)C1. The first-order valence-electron chi connectivity index (χ1n) is 5.82. The third kappa shape index (κ3) is 2.73. The molecule has 0 saturated heterocycles. The molecular formula is C13H15F3O. The Bertz CT molecular complexity index is 396. The molecule has 0 N–H and O–H groups in total. The highest BCUT2D eigenvalue weighted by Crippen LogP contribution is 2.50. The molecule has 0 aromatic heterocycles. The molecule has 1 aliphatic rings. The molecule has 0 aliphatic heterocycles. The van der Waals surface area contributed by atoms with Crippen LogP contribution in [0.15, 0.2) is 18.2 Å². The van der Waals surface area contributed by atoms with Crippen LogP contribution in [0, 0.1) is 5.82 Å². The van der Waals surface area contributed by atoms with Crippen molar-refractivity contribution in [1.82, 2.24) is 0 Å². The molecule has 1 aromatic rings. The van der Waals surface area contributed by atoms with E-state index in [0.717, 1.165) is 6.42 Å². The summed E-state index contributed by atoms with van der Waals surface area (Å²) in [6.45, 7) is 2.47. The van der Waals surface area contributed by atoms with Crippen LogP contribution in [0.25, 0.3) is 0 Å². The summed E-state index contributed by atoms with van der Waals surface area (Å²) in [6, 6.07) is 4.13.